The summed E-state index contributed by atoms with van der Waals surface area (Å²) in [6.45, 7) is 21.3. The van der Waals surface area contributed by atoms with E-state index in [0.717, 1.165) is 13.1 Å². The lowest BCUT2D eigenvalue weighted by Crippen LogP contribution is -2.52. The Morgan fingerprint density at radius 1 is 0.863 bits per heavy atom. The molecule has 2 saturated heterocycles. The molecule has 6 aliphatic heterocycles. The molecule has 1 spiro atoms. The number of piperazine rings is 1. The number of carbonyl (C=O) groups is 3. The van der Waals surface area contributed by atoms with Crippen molar-refractivity contribution >= 4 is 34.2 Å². The second-order valence-corrected chi connectivity index (χ2v) is 21.5. The molecule has 6 aliphatic rings. The monoisotopic (exact) mass is 1010 g/mol. The van der Waals surface area contributed by atoms with Gasteiger partial charge in [0.1, 0.15) is 28.6 Å². The van der Waals surface area contributed by atoms with Gasteiger partial charge in [0.15, 0.2) is 11.4 Å². The minimum absolute atomic E-state index is 0.0346. The predicted octanol–water partition coefficient (Wildman–Crippen LogP) is 6.14. The summed E-state index contributed by atoms with van der Waals surface area (Å²) in [5, 5.41) is 51.3. The number of aliphatic hydroxyl groups is 2. The van der Waals surface area contributed by atoms with Crippen LogP contribution in [0.15, 0.2) is 76.5 Å². The van der Waals surface area contributed by atoms with Crippen LogP contribution in [0.1, 0.15) is 89.7 Å². The van der Waals surface area contributed by atoms with E-state index in [-0.39, 0.29) is 55.4 Å². The Kier molecular flexibility index (Phi) is 15.8. The van der Waals surface area contributed by atoms with Crippen molar-refractivity contribution in [3.8, 4) is 17.2 Å². The molecule has 9 rings (SSSR count). The number of phenolic OH excluding ortho intramolecular Hbond substituents is 2. The first-order valence-electron chi connectivity index (χ1n) is 25.8. The molecule has 9 atom stereocenters. The number of ether oxygens (including phenoxy) is 4. The summed E-state index contributed by atoms with van der Waals surface area (Å²) in [5.74, 6) is -6.10. The molecule has 0 radical (unpaired) electrons. The maximum Gasteiger partial charge on any atom is 0.410 e. The van der Waals surface area contributed by atoms with Crippen molar-refractivity contribution in [2.45, 2.75) is 118 Å². The third kappa shape index (κ3) is 10.6. The zero-order valence-electron chi connectivity index (χ0n) is 43.9. The number of phenols is 2. The first kappa shape index (κ1) is 53.4. The number of rotatable bonds is 6. The van der Waals surface area contributed by atoms with Gasteiger partial charge >= 0.3 is 11.9 Å². The first-order valence-corrected chi connectivity index (χ1v) is 25.8. The van der Waals surface area contributed by atoms with E-state index in [0.29, 0.717) is 58.0 Å². The maximum absolute atomic E-state index is 15.0. The average Bonchev–Trinajstić information content (AvgIpc) is 3.87. The number of aliphatic hydroxyl groups excluding tert-OH is 2. The van der Waals surface area contributed by atoms with Crippen molar-refractivity contribution in [1.29, 1.82) is 0 Å². The third-order valence-corrected chi connectivity index (χ3v) is 15.7. The first-order chi connectivity index (χ1) is 34.7. The number of ketones is 1. The molecule has 2 fully saturated rings. The van der Waals surface area contributed by atoms with E-state index in [1.165, 1.54) is 25.9 Å². The summed E-state index contributed by atoms with van der Waals surface area (Å²) in [4.78, 5) is 59.9. The molecule has 6 heterocycles. The molecular formula is C56H74N6O11. The molecule has 394 valence electrons. The lowest BCUT2D eigenvalue weighted by Gasteiger charge is -2.40. The number of allylic oxidation sites excluding steroid dienone is 2. The van der Waals surface area contributed by atoms with Crippen LogP contribution in [-0.4, -0.2) is 142 Å². The number of aromatic hydroxyl groups is 2. The number of nitrogens with zero attached hydrogens (tertiary/aromatic N) is 5. The van der Waals surface area contributed by atoms with E-state index in [2.05, 4.69) is 41.1 Å². The quantitative estimate of drug-likeness (QED) is 0.176. The molecule has 5 bridgehead atoms. The van der Waals surface area contributed by atoms with Crippen molar-refractivity contribution in [2.24, 2.45) is 39.6 Å². The second-order valence-electron chi connectivity index (χ2n) is 21.5. The zero-order valence-corrected chi connectivity index (χ0v) is 43.9. The van der Waals surface area contributed by atoms with E-state index in [9.17, 15) is 34.8 Å². The number of piperidine rings is 1. The smallest absolute Gasteiger partial charge is 0.410 e. The highest BCUT2D eigenvalue weighted by Gasteiger charge is 2.50. The Morgan fingerprint density at radius 2 is 1.53 bits per heavy atom. The fourth-order valence-corrected chi connectivity index (χ4v) is 11.1. The van der Waals surface area contributed by atoms with Crippen molar-refractivity contribution in [1.82, 2.24) is 14.7 Å². The molecule has 73 heavy (non-hydrogen) atoms. The van der Waals surface area contributed by atoms with Crippen LogP contribution < -0.4 is 20.8 Å². The van der Waals surface area contributed by atoms with Crippen molar-refractivity contribution in [2.75, 3.05) is 58.2 Å². The van der Waals surface area contributed by atoms with Crippen LogP contribution in [-0.2, 0) is 25.5 Å². The fraction of sp³-hybridized carbons (Fsp3) is 0.554. The van der Waals surface area contributed by atoms with Gasteiger partial charge in [0.2, 0.25) is 0 Å². The number of anilines is 1. The molecule has 5 N–H and O–H groups in total. The maximum atomic E-state index is 15.0. The Balaban J connectivity index is 1.17. The van der Waals surface area contributed by atoms with E-state index >= 15 is 0 Å². The molecule has 0 aromatic heterocycles. The lowest BCUT2D eigenvalue weighted by atomic mass is 9.78. The van der Waals surface area contributed by atoms with Crippen LogP contribution in [0.5, 0.6) is 17.2 Å². The van der Waals surface area contributed by atoms with E-state index in [1.54, 1.807) is 63.8 Å². The number of hydrogen-bond acceptors (Lipinski definition) is 15. The minimum atomic E-state index is -1.99. The fourth-order valence-electron chi connectivity index (χ4n) is 11.1. The summed E-state index contributed by atoms with van der Waals surface area (Å²) in [7, 11) is 1.50. The number of benzene rings is 3. The predicted molar refractivity (Wildman–Crippen MR) is 276 cm³/mol. The van der Waals surface area contributed by atoms with Gasteiger partial charge in [-0.2, -0.15) is 0 Å². The lowest BCUT2D eigenvalue weighted by molar-refractivity contribution is -0.112. The molecular weight excluding hydrogens is 933 g/mol. The molecule has 1 unspecified atom stereocenters. The number of fused-ring (bicyclic) bond motifs is 13. The van der Waals surface area contributed by atoms with Gasteiger partial charge < -0.3 is 54.5 Å². The Bertz CT molecular complexity index is 2800. The minimum Gasteiger partial charge on any atom is -0.507 e. The van der Waals surface area contributed by atoms with Gasteiger partial charge in [0.25, 0.3) is 11.7 Å². The highest BCUT2D eigenvalue weighted by molar-refractivity contribution is 6.19. The van der Waals surface area contributed by atoms with E-state index in [1.807, 2.05) is 25.1 Å². The molecule has 0 aliphatic carbocycles. The average molecular weight is 1010 g/mol. The van der Waals surface area contributed by atoms with Crippen LogP contribution >= 0.6 is 0 Å². The second kappa shape index (κ2) is 21.5. The van der Waals surface area contributed by atoms with Crippen LogP contribution in [0.25, 0.3) is 10.8 Å². The zero-order chi connectivity index (χ0) is 52.7. The molecule has 17 nitrogen and oxygen atoms in total. The van der Waals surface area contributed by atoms with Crippen molar-refractivity contribution in [3.05, 3.63) is 93.9 Å². The molecule has 3 aromatic carbocycles. The number of Topliss-reactive ketones (excluding diaryl/α,β-unsaturated/α-hetero) is 1. The highest BCUT2D eigenvalue weighted by atomic mass is 16.7. The highest BCUT2D eigenvalue weighted by Crippen LogP contribution is 2.50. The third-order valence-electron chi connectivity index (χ3n) is 15.7. The SMILES string of the molecule is CO[C@H]1/C=C/O[C@@]2(C)Oc3c(C)c(O)c4c(O)c(c5c(c4c3C2=O)=NC2(CCN(CC(C)C)CC2)N=5)NC(=O)/C(C)=C\C=C\C(C)[C@H](O)[C@@H](C)[C@@H](O)[C@@H](C)[C@H](OC(=O)N2CCN(Cc3ccccc3)CC2)[C@@H]1C. The number of hydrogen-bond donors (Lipinski definition) is 5. The number of nitrogens with one attached hydrogen (secondary N) is 1. The van der Waals surface area contributed by atoms with Gasteiger partial charge in [-0.05, 0) is 31.4 Å². The normalized spacial score (nSPS) is 30.8. The Labute approximate surface area is 427 Å². The Hall–Kier alpha value is -5.85. The van der Waals surface area contributed by atoms with Gasteiger partial charge in [0, 0.05) is 119 Å². The largest absolute Gasteiger partial charge is 0.507 e. The summed E-state index contributed by atoms with van der Waals surface area (Å²) in [6.07, 6.45) is 4.40. The van der Waals surface area contributed by atoms with Gasteiger partial charge in [-0.25, -0.2) is 4.79 Å². The van der Waals surface area contributed by atoms with Crippen LogP contribution in [0.4, 0.5) is 10.5 Å². The number of amides is 2. The molecule has 17 heteroatoms. The number of carbonyl (C=O) groups excluding carboxylic acids is 3. The van der Waals surface area contributed by atoms with Gasteiger partial charge in [-0.1, -0.05) is 90.1 Å². The molecule has 3 aromatic rings. The van der Waals surface area contributed by atoms with Crippen molar-refractivity contribution < 1.29 is 53.8 Å². The molecule has 2 amide bonds. The summed E-state index contributed by atoms with van der Waals surface area (Å²) >= 11 is 0. The van der Waals surface area contributed by atoms with Gasteiger partial charge in [0.05, 0.1) is 40.9 Å². The summed E-state index contributed by atoms with van der Waals surface area (Å²) in [5.41, 5.74) is 0.590. The summed E-state index contributed by atoms with van der Waals surface area (Å²) in [6, 6.07) is 10.2. The molecule has 0 saturated carbocycles. The number of methoxy groups -OCH3 is 1. The van der Waals surface area contributed by atoms with Crippen LogP contribution in [0.3, 0.4) is 0 Å². The van der Waals surface area contributed by atoms with E-state index in [4.69, 9.17) is 28.9 Å². The van der Waals surface area contributed by atoms with Gasteiger partial charge in [-0.3, -0.25) is 24.5 Å². The van der Waals surface area contributed by atoms with E-state index < -0.39 is 83.1 Å². The Morgan fingerprint density at radius 3 is 2.19 bits per heavy atom. The standard InChI is InChI=1S/C56H74N6O11/c1-31(2)29-60-22-20-56(21-23-60)58-43-40-41-48(65)37(8)51-42(40)52(67)55(9,73-51)71-28-19-39(70-10)34(5)50(72-54(69)62-26-24-61(25-27-62)30-38-17-12-11-13-18-38)36(7)47(64)35(6)46(63)32(3)15-14-16-33(4)53(68)57-45(49(41)66)44(43)59-56/h11-19,28,31-32,34-36,39,46-47,50,63-66H,20-27,29-30H2,1-10H3,(H,57,68)/b15-14+,28-19+,33-16-/t32?,34-,35-,36-,39+,46+,47-,50-,55+/m1/s1. The van der Waals surface area contributed by atoms with Gasteiger partial charge in [-0.15, -0.1) is 0 Å². The van der Waals surface area contributed by atoms with Crippen molar-refractivity contribution in [3.63, 3.8) is 0 Å². The van der Waals surface area contributed by atoms with Crippen LogP contribution in [0.2, 0.25) is 0 Å². The topological polar surface area (TPSA) is 216 Å². The number of likely N-dealkylation sites (tertiary alicyclic amines) is 1. The summed E-state index contributed by atoms with van der Waals surface area (Å²) < 4.78 is 25.0. The van der Waals surface area contributed by atoms with Crippen LogP contribution in [0, 0.1) is 36.5 Å².